The standard InChI is InChI=1S/C10H15FN2O4S2/c1-3-6-18(14,15)13-10-5-4-8(7-9(10)11)19(16,17)12-2/h4-5,7,12-13H,3,6H2,1-2H3. The Labute approximate surface area is 112 Å². The first-order valence-electron chi connectivity index (χ1n) is 5.45. The van der Waals surface area contributed by atoms with Crippen molar-refractivity contribution in [3.05, 3.63) is 24.0 Å². The molecule has 2 N–H and O–H groups in total. The Hall–Kier alpha value is -1.19. The molecule has 0 aliphatic carbocycles. The molecule has 9 heteroatoms. The quantitative estimate of drug-likeness (QED) is 0.816. The van der Waals surface area contributed by atoms with Crippen molar-refractivity contribution >= 4 is 25.7 Å². The SMILES string of the molecule is CCCS(=O)(=O)Nc1ccc(S(=O)(=O)NC)cc1F. The molecule has 0 bridgehead atoms. The van der Waals surface area contributed by atoms with Crippen molar-refractivity contribution in [3.63, 3.8) is 0 Å². The Kier molecular flexibility index (Phi) is 4.88. The molecule has 0 spiro atoms. The Morgan fingerprint density at radius 3 is 2.32 bits per heavy atom. The van der Waals surface area contributed by atoms with Gasteiger partial charge in [-0.25, -0.2) is 25.9 Å². The van der Waals surface area contributed by atoms with Crippen molar-refractivity contribution in [2.45, 2.75) is 18.2 Å². The van der Waals surface area contributed by atoms with Crippen LogP contribution < -0.4 is 9.44 Å². The van der Waals surface area contributed by atoms with E-state index in [1.54, 1.807) is 6.92 Å². The summed E-state index contributed by atoms with van der Waals surface area (Å²) in [5.41, 5.74) is -0.275. The Balaban J connectivity index is 3.09. The lowest BCUT2D eigenvalue weighted by molar-refractivity contribution is 0.584. The van der Waals surface area contributed by atoms with Gasteiger partial charge in [0.15, 0.2) is 0 Å². The average molecular weight is 310 g/mol. The van der Waals surface area contributed by atoms with Crippen LogP contribution in [0.15, 0.2) is 23.1 Å². The van der Waals surface area contributed by atoms with Crippen LogP contribution in [0.3, 0.4) is 0 Å². The Bertz CT molecular complexity index is 656. The molecular formula is C10H15FN2O4S2. The van der Waals surface area contributed by atoms with Crippen LogP contribution in [0.5, 0.6) is 0 Å². The number of anilines is 1. The topological polar surface area (TPSA) is 92.3 Å². The molecule has 0 aliphatic rings. The molecule has 1 aromatic rings. The highest BCUT2D eigenvalue weighted by atomic mass is 32.2. The number of hydrogen-bond donors (Lipinski definition) is 2. The van der Waals surface area contributed by atoms with Gasteiger partial charge in [-0.3, -0.25) is 4.72 Å². The lowest BCUT2D eigenvalue weighted by atomic mass is 10.3. The molecule has 0 aliphatic heterocycles. The van der Waals surface area contributed by atoms with Gasteiger partial charge in [0.2, 0.25) is 20.0 Å². The highest BCUT2D eigenvalue weighted by molar-refractivity contribution is 7.92. The first-order chi connectivity index (χ1) is 8.72. The van der Waals surface area contributed by atoms with Gasteiger partial charge >= 0.3 is 0 Å². The van der Waals surface area contributed by atoms with Crippen LogP contribution in [-0.2, 0) is 20.0 Å². The smallest absolute Gasteiger partial charge is 0.240 e. The minimum atomic E-state index is -3.76. The van der Waals surface area contributed by atoms with Crippen molar-refractivity contribution in [1.29, 1.82) is 0 Å². The molecule has 6 nitrogen and oxygen atoms in total. The lowest BCUT2D eigenvalue weighted by Gasteiger charge is -2.09. The van der Waals surface area contributed by atoms with E-state index >= 15 is 0 Å². The summed E-state index contributed by atoms with van der Waals surface area (Å²) in [4.78, 5) is -0.272. The Morgan fingerprint density at radius 1 is 1.21 bits per heavy atom. The summed E-state index contributed by atoms with van der Waals surface area (Å²) in [6.07, 6.45) is 0.392. The number of rotatable bonds is 6. The fraction of sp³-hybridized carbons (Fsp3) is 0.400. The van der Waals surface area contributed by atoms with Gasteiger partial charge in [0, 0.05) is 0 Å². The van der Waals surface area contributed by atoms with Crippen molar-refractivity contribution in [2.24, 2.45) is 0 Å². The molecule has 0 saturated heterocycles. The zero-order valence-electron chi connectivity index (χ0n) is 10.5. The molecule has 0 amide bonds. The van der Waals surface area contributed by atoms with Crippen LogP contribution in [0.2, 0.25) is 0 Å². The maximum atomic E-state index is 13.7. The molecule has 19 heavy (non-hydrogen) atoms. The van der Waals surface area contributed by atoms with E-state index in [9.17, 15) is 21.2 Å². The summed E-state index contributed by atoms with van der Waals surface area (Å²) < 4.78 is 63.6. The van der Waals surface area contributed by atoms with Crippen molar-refractivity contribution in [1.82, 2.24) is 4.72 Å². The second-order valence-corrected chi connectivity index (χ2v) is 7.50. The minimum Gasteiger partial charge on any atom is -0.281 e. The second kappa shape index (κ2) is 5.85. The largest absolute Gasteiger partial charge is 0.281 e. The lowest BCUT2D eigenvalue weighted by Crippen LogP contribution is -2.20. The number of nitrogens with one attached hydrogen (secondary N) is 2. The van der Waals surface area contributed by atoms with Gasteiger partial charge in [-0.05, 0) is 31.7 Å². The highest BCUT2D eigenvalue weighted by Gasteiger charge is 2.16. The normalized spacial score (nSPS) is 12.4. The molecular weight excluding hydrogens is 295 g/mol. The maximum Gasteiger partial charge on any atom is 0.240 e. The fourth-order valence-electron chi connectivity index (χ4n) is 1.35. The molecule has 0 saturated carbocycles. The van der Waals surface area contributed by atoms with E-state index in [1.807, 2.05) is 4.72 Å². The van der Waals surface area contributed by atoms with Crippen LogP contribution in [0.4, 0.5) is 10.1 Å². The van der Waals surface area contributed by atoms with E-state index in [4.69, 9.17) is 0 Å². The zero-order chi connectivity index (χ0) is 14.7. The summed E-state index contributed by atoms with van der Waals surface area (Å²) in [6, 6.07) is 2.96. The third-order valence-electron chi connectivity index (χ3n) is 2.26. The van der Waals surface area contributed by atoms with Gasteiger partial charge in [0.1, 0.15) is 5.82 Å². The summed E-state index contributed by atoms with van der Waals surface area (Å²) in [5, 5.41) is 0. The summed E-state index contributed by atoms with van der Waals surface area (Å²) >= 11 is 0. The minimum absolute atomic E-state index is 0.136. The number of halogens is 1. The van der Waals surface area contributed by atoms with Crippen LogP contribution in [-0.4, -0.2) is 29.6 Å². The summed E-state index contributed by atoms with van der Waals surface area (Å²) in [6.45, 7) is 1.68. The van der Waals surface area contributed by atoms with E-state index in [0.717, 1.165) is 18.2 Å². The predicted molar refractivity (Wildman–Crippen MR) is 70.3 cm³/mol. The van der Waals surface area contributed by atoms with Gasteiger partial charge in [-0.2, -0.15) is 0 Å². The third-order valence-corrected chi connectivity index (χ3v) is 5.15. The van der Waals surface area contributed by atoms with E-state index in [1.165, 1.54) is 7.05 Å². The van der Waals surface area contributed by atoms with Crippen molar-refractivity contribution in [3.8, 4) is 0 Å². The van der Waals surface area contributed by atoms with Crippen molar-refractivity contribution < 1.29 is 21.2 Å². The van der Waals surface area contributed by atoms with Crippen molar-refractivity contribution in [2.75, 3.05) is 17.5 Å². The van der Waals surface area contributed by atoms with E-state index < -0.39 is 25.9 Å². The molecule has 0 unspecified atom stereocenters. The van der Waals surface area contributed by atoms with Crippen LogP contribution in [0.25, 0.3) is 0 Å². The third kappa shape index (κ3) is 4.15. The monoisotopic (exact) mass is 310 g/mol. The van der Waals surface area contributed by atoms with Gasteiger partial charge in [-0.1, -0.05) is 6.92 Å². The molecule has 0 radical (unpaired) electrons. The van der Waals surface area contributed by atoms with E-state index in [-0.39, 0.29) is 16.3 Å². The van der Waals surface area contributed by atoms with Gasteiger partial charge < -0.3 is 0 Å². The molecule has 0 heterocycles. The first-order valence-corrected chi connectivity index (χ1v) is 8.59. The number of benzene rings is 1. The fourth-order valence-corrected chi connectivity index (χ4v) is 3.23. The molecule has 1 rings (SSSR count). The first kappa shape index (κ1) is 15.9. The van der Waals surface area contributed by atoms with Gasteiger partial charge in [0.25, 0.3) is 0 Å². The van der Waals surface area contributed by atoms with Crippen LogP contribution in [0, 0.1) is 5.82 Å². The molecule has 1 aromatic carbocycles. The summed E-state index contributed by atoms with van der Waals surface area (Å²) in [7, 11) is -6.18. The van der Waals surface area contributed by atoms with Gasteiger partial charge in [0.05, 0.1) is 16.3 Å². The van der Waals surface area contributed by atoms with Crippen LogP contribution in [0.1, 0.15) is 13.3 Å². The second-order valence-electron chi connectivity index (χ2n) is 3.77. The number of hydrogen-bond acceptors (Lipinski definition) is 4. The maximum absolute atomic E-state index is 13.7. The predicted octanol–water partition coefficient (Wildman–Crippen LogP) is 0.886. The highest BCUT2D eigenvalue weighted by Crippen LogP contribution is 2.20. The average Bonchev–Trinajstić information content (AvgIpc) is 2.31. The van der Waals surface area contributed by atoms with Gasteiger partial charge in [-0.15, -0.1) is 0 Å². The summed E-state index contributed by atoms with van der Waals surface area (Å²) in [5.74, 6) is -1.08. The zero-order valence-corrected chi connectivity index (χ0v) is 12.1. The molecule has 0 fully saturated rings. The number of sulfonamides is 2. The Morgan fingerprint density at radius 2 is 1.84 bits per heavy atom. The molecule has 0 aromatic heterocycles. The molecule has 108 valence electrons. The van der Waals surface area contributed by atoms with E-state index in [2.05, 4.69) is 4.72 Å². The van der Waals surface area contributed by atoms with E-state index in [0.29, 0.717) is 6.42 Å². The molecule has 0 atom stereocenters. The van der Waals surface area contributed by atoms with Crippen LogP contribution >= 0.6 is 0 Å².